The highest BCUT2D eigenvalue weighted by Crippen LogP contribution is 2.29. The Hall–Kier alpha value is -3.55. The number of carbonyl (C=O) groups excluding carboxylic acids is 4. The number of carbonyl (C=O) groups is 4. The van der Waals surface area contributed by atoms with Crippen LogP contribution >= 0.6 is 0 Å². The van der Waals surface area contributed by atoms with Gasteiger partial charge in [0.2, 0.25) is 0 Å². The van der Waals surface area contributed by atoms with Crippen LogP contribution in [0.2, 0.25) is 0 Å². The van der Waals surface area contributed by atoms with Crippen molar-refractivity contribution in [3.63, 3.8) is 0 Å². The number of benzene rings is 2. The molecule has 0 aromatic heterocycles. The van der Waals surface area contributed by atoms with Gasteiger partial charge >= 0.3 is 5.97 Å². The number of rotatable bonds is 6. The molecule has 0 aliphatic carbocycles. The van der Waals surface area contributed by atoms with Crippen LogP contribution in [0, 0.1) is 11.7 Å². The number of ether oxygens (including phenoxy) is 1. The Morgan fingerprint density at radius 1 is 1.07 bits per heavy atom. The average Bonchev–Trinajstić information content (AvgIpc) is 3.01. The largest absolute Gasteiger partial charge is 0.467 e. The Balaban J connectivity index is 1.88. The number of halogens is 1. The van der Waals surface area contributed by atoms with E-state index in [1.165, 1.54) is 37.4 Å². The summed E-state index contributed by atoms with van der Waals surface area (Å²) >= 11 is 0. The highest BCUT2D eigenvalue weighted by molar-refractivity contribution is 6.34. The molecular weight excluding hydrogens is 391 g/mol. The van der Waals surface area contributed by atoms with Gasteiger partial charge in [-0.25, -0.2) is 14.1 Å². The van der Waals surface area contributed by atoms with Gasteiger partial charge in [-0.15, -0.1) is 0 Å². The smallest absolute Gasteiger partial charge is 0.328 e. The van der Waals surface area contributed by atoms with Crippen LogP contribution in [0.5, 0.6) is 0 Å². The van der Waals surface area contributed by atoms with Crippen LogP contribution in [0.15, 0.2) is 42.5 Å². The maximum atomic E-state index is 13.2. The minimum atomic E-state index is -0.839. The van der Waals surface area contributed by atoms with Crippen LogP contribution in [-0.2, 0) is 9.53 Å². The average molecular weight is 412 g/mol. The number of esters is 1. The third kappa shape index (κ3) is 3.80. The molecule has 7 nitrogen and oxygen atoms in total. The molecule has 0 fully saturated rings. The van der Waals surface area contributed by atoms with E-state index in [-0.39, 0.29) is 28.3 Å². The molecule has 1 aliphatic heterocycles. The Morgan fingerprint density at radius 2 is 1.70 bits per heavy atom. The predicted octanol–water partition coefficient (Wildman–Crippen LogP) is 2.94. The highest BCUT2D eigenvalue weighted by atomic mass is 19.1. The number of hydrogen-bond acceptors (Lipinski definition) is 5. The maximum Gasteiger partial charge on any atom is 0.328 e. The molecule has 0 bridgehead atoms. The minimum Gasteiger partial charge on any atom is -0.467 e. The van der Waals surface area contributed by atoms with Gasteiger partial charge in [0.25, 0.3) is 17.7 Å². The van der Waals surface area contributed by atoms with Crippen molar-refractivity contribution < 1.29 is 28.3 Å². The second-order valence-electron chi connectivity index (χ2n) is 7.04. The van der Waals surface area contributed by atoms with E-state index in [1.54, 1.807) is 0 Å². The lowest BCUT2D eigenvalue weighted by Gasteiger charge is -2.21. The zero-order valence-electron chi connectivity index (χ0n) is 16.8. The lowest BCUT2D eigenvalue weighted by atomic mass is 9.98. The van der Waals surface area contributed by atoms with E-state index < -0.39 is 35.5 Å². The van der Waals surface area contributed by atoms with Crippen LogP contribution in [0.3, 0.4) is 0 Å². The molecule has 1 heterocycles. The maximum absolute atomic E-state index is 13.2. The first kappa shape index (κ1) is 21.2. The van der Waals surface area contributed by atoms with Gasteiger partial charge in [-0.2, -0.15) is 0 Å². The number of nitrogens with one attached hydrogen (secondary N) is 1. The van der Waals surface area contributed by atoms with Gasteiger partial charge < -0.3 is 10.1 Å². The molecule has 0 unspecified atom stereocenters. The Kier molecular flexibility index (Phi) is 5.96. The van der Waals surface area contributed by atoms with Crippen molar-refractivity contribution in [2.45, 2.75) is 26.3 Å². The van der Waals surface area contributed by atoms with Gasteiger partial charge in [0.15, 0.2) is 0 Å². The van der Waals surface area contributed by atoms with E-state index in [1.807, 2.05) is 13.8 Å². The minimum absolute atomic E-state index is 0.0649. The Labute approximate surface area is 172 Å². The predicted molar refractivity (Wildman–Crippen MR) is 107 cm³/mol. The number of methoxy groups -OCH3 is 1. The Morgan fingerprint density at radius 3 is 2.30 bits per heavy atom. The second kappa shape index (κ2) is 8.44. The third-order valence-electron chi connectivity index (χ3n) is 5.19. The standard InChI is InChI=1S/C22H21FN2O5/c1-4-12(2)18(22(29)30-3)24-19(26)13-5-10-16-17(11-13)21(28)25(20(16)27)15-8-6-14(23)7-9-15/h5-12,18H,4H2,1-3H3,(H,24,26)/t12-,18+/m0/s1. The highest BCUT2D eigenvalue weighted by Gasteiger charge is 2.37. The topological polar surface area (TPSA) is 92.8 Å². The zero-order chi connectivity index (χ0) is 22.0. The molecule has 0 spiro atoms. The fraction of sp³-hybridized carbons (Fsp3) is 0.273. The molecule has 2 atom stereocenters. The first-order chi connectivity index (χ1) is 14.3. The van der Waals surface area contributed by atoms with Crippen LogP contribution in [-0.4, -0.2) is 36.8 Å². The lowest BCUT2D eigenvalue weighted by molar-refractivity contribution is -0.144. The van der Waals surface area contributed by atoms with E-state index >= 15 is 0 Å². The summed E-state index contributed by atoms with van der Waals surface area (Å²) in [6.07, 6.45) is 0.643. The molecule has 0 radical (unpaired) electrons. The van der Waals surface area contributed by atoms with E-state index in [0.717, 1.165) is 17.0 Å². The molecule has 156 valence electrons. The summed E-state index contributed by atoms with van der Waals surface area (Å²) < 4.78 is 17.9. The van der Waals surface area contributed by atoms with Crippen molar-refractivity contribution >= 4 is 29.4 Å². The second-order valence-corrected chi connectivity index (χ2v) is 7.04. The molecule has 0 saturated heterocycles. The van der Waals surface area contributed by atoms with E-state index in [2.05, 4.69) is 5.32 Å². The van der Waals surface area contributed by atoms with Crippen LogP contribution in [0.25, 0.3) is 0 Å². The molecule has 2 aromatic carbocycles. The SMILES string of the molecule is CC[C@H](C)[C@@H](NC(=O)c1ccc2c(c1)C(=O)N(c1ccc(F)cc1)C2=O)C(=O)OC. The molecule has 0 saturated carbocycles. The first-order valence-corrected chi connectivity index (χ1v) is 9.45. The van der Waals surface area contributed by atoms with Crippen molar-refractivity contribution in [1.82, 2.24) is 5.32 Å². The van der Waals surface area contributed by atoms with Crippen molar-refractivity contribution in [2.75, 3.05) is 12.0 Å². The van der Waals surface area contributed by atoms with E-state index in [0.29, 0.717) is 6.42 Å². The molecule has 2 aromatic rings. The normalized spacial score (nSPS) is 14.9. The van der Waals surface area contributed by atoms with Crippen molar-refractivity contribution in [3.05, 3.63) is 65.0 Å². The summed E-state index contributed by atoms with van der Waals surface area (Å²) in [4.78, 5) is 51.1. The lowest BCUT2D eigenvalue weighted by Crippen LogP contribution is -2.45. The fourth-order valence-corrected chi connectivity index (χ4v) is 3.23. The summed E-state index contributed by atoms with van der Waals surface area (Å²) in [5, 5.41) is 2.64. The van der Waals surface area contributed by atoms with E-state index in [4.69, 9.17) is 4.74 Å². The number of amides is 3. The summed E-state index contributed by atoms with van der Waals surface area (Å²) in [6.45, 7) is 3.70. The van der Waals surface area contributed by atoms with Crippen molar-refractivity contribution in [3.8, 4) is 0 Å². The van der Waals surface area contributed by atoms with E-state index in [9.17, 15) is 23.6 Å². The Bertz CT molecular complexity index is 1020. The monoisotopic (exact) mass is 412 g/mol. The summed E-state index contributed by atoms with van der Waals surface area (Å²) in [7, 11) is 1.24. The van der Waals surface area contributed by atoms with Gasteiger partial charge in [-0.3, -0.25) is 14.4 Å². The summed E-state index contributed by atoms with van der Waals surface area (Å²) in [5.41, 5.74) is 0.576. The number of hydrogen-bond donors (Lipinski definition) is 1. The molecule has 30 heavy (non-hydrogen) atoms. The number of anilines is 1. The summed E-state index contributed by atoms with van der Waals surface area (Å²) in [6, 6.07) is 8.26. The zero-order valence-corrected chi connectivity index (χ0v) is 16.8. The fourth-order valence-electron chi connectivity index (χ4n) is 3.23. The number of imide groups is 1. The quantitative estimate of drug-likeness (QED) is 0.582. The number of fused-ring (bicyclic) bond motifs is 1. The molecule has 3 rings (SSSR count). The van der Waals surface area contributed by atoms with Crippen LogP contribution in [0.1, 0.15) is 51.3 Å². The van der Waals surface area contributed by atoms with Gasteiger partial charge in [0.1, 0.15) is 11.9 Å². The molecule has 8 heteroatoms. The first-order valence-electron chi connectivity index (χ1n) is 9.45. The van der Waals surface area contributed by atoms with Crippen molar-refractivity contribution in [2.24, 2.45) is 5.92 Å². The van der Waals surface area contributed by atoms with Crippen LogP contribution < -0.4 is 10.2 Å². The van der Waals surface area contributed by atoms with Gasteiger partial charge in [0, 0.05) is 5.56 Å². The molecule has 1 N–H and O–H groups in total. The third-order valence-corrected chi connectivity index (χ3v) is 5.19. The summed E-state index contributed by atoms with van der Waals surface area (Å²) in [5.74, 6) is -2.94. The molecular formula is C22H21FN2O5. The van der Waals surface area contributed by atoms with Crippen LogP contribution in [0.4, 0.5) is 10.1 Å². The van der Waals surface area contributed by atoms with Gasteiger partial charge in [-0.1, -0.05) is 20.3 Å². The molecule has 1 aliphatic rings. The van der Waals surface area contributed by atoms with Gasteiger partial charge in [-0.05, 0) is 48.4 Å². The molecule has 3 amide bonds. The number of nitrogens with zero attached hydrogens (tertiary/aromatic N) is 1. The van der Waals surface area contributed by atoms with Gasteiger partial charge in [0.05, 0.1) is 23.9 Å². The van der Waals surface area contributed by atoms with Crippen molar-refractivity contribution in [1.29, 1.82) is 0 Å².